The van der Waals surface area contributed by atoms with E-state index in [1.807, 2.05) is 0 Å². The number of methoxy groups -OCH3 is 1. The zero-order valence-electron chi connectivity index (χ0n) is 11.0. The molecule has 98 valence electrons. The molecule has 1 N–H and O–H groups in total. The van der Waals surface area contributed by atoms with Crippen molar-refractivity contribution >= 4 is 0 Å². The molecule has 0 amide bonds. The molecule has 0 aromatic heterocycles. The molecule has 1 atom stereocenters. The van der Waals surface area contributed by atoms with Crippen LogP contribution >= 0.6 is 0 Å². The lowest BCUT2D eigenvalue weighted by atomic mass is 10.4. The third-order valence-electron chi connectivity index (χ3n) is 2.19. The number of nitrogens with one attached hydrogen (secondary N) is 1. The van der Waals surface area contributed by atoms with Crippen LogP contribution in [0.15, 0.2) is 0 Å². The summed E-state index contributed by atoms with van der Waals surface area (Å²) in [6, 6.07) is 0. The fraction of sp³-hybridized carbons (Fsp3) is 1.00. The monoisotopic (exact) mass is 233 g/mol. The largest absolute Gasteiger partial charge is 0.383 e. The Morgan fingerprint density at radius 3 is 2.62 bits per heavy atom. The number of rotatable bonds is 12. The first-order valence-corrected chi connectivity index (χ1v) is 6.20. The Morgan fingerprint density at radius 2 is 1.94 bits per heavy atom. The van der Waals surface area contributed by atoms with Crippen LogP contribution in [0.4, 0.5) is 0 Å². The first-order chi connectivity index (χ1) is 7.81. The molecular formula is C12H27NO3. The van der Waals surface area contributed by atoms with Crippen molar-refractivity contribution in [2.75, 3.05) is 46.6 Å². The molecule has 0 aromatic carbocycles. The second-order valence-electron chi connectivity index (χ2n) is 3.84. The Bertz CT molecular complexity index is 133. The van der Waals surface area contributed by atoms with Gasteiger partial charge in [0.05, 0.1) is 25.9 Å². The predicted octanol–water partition coefficient (Wildman–Crippen LogP) is 1.44. The van der Waals surface area contributed by atoms with Crippen molar-refractivity contribution in [3.05, 3.63) is 0 Å². The van der Waals surface area contributed by atoms with E-state index in [0.29, 0.717) is 13.2 Å². The summed E-state index contributed by atoms with van der Waals surface area (Å²) in [5, 5.41) is 3.26. The van der Waals surface area contributed by atoms with Crippen LogP contribution in [-0.2, 0) is 14.2 Å². The molecule has 0 fully saturated rings. The molecule has 0 radical (unpaired) electrons. The Balaban J connectivity index is 3.08. The van der Waals surface area contributed by atoms with E-state index in [0.717, 1.165) is 32.7 Å². The minimum atomic E-state index is 0.228. The van der Waals surface area contributed by atoms with Crippen molar-refractivity contribution in [1.29, 1.82) is 0 Å². The Kier molecular flexibility index (Phi) is 12.8. The maximum absolute atomic E-state index is 5.57. The van der Waals surface area contributed by atoms with E-state index in [4.69, 9.17) is 14.2 Å². The number of hydrogen-bond donors (Lipinski definition) is 1. The highest BCUT2D eigenvalue weighted by molar-refractivity contribution is 4.54. The average Bonchev–Trinajstić information content (AvgIpc) is 2.29. The van der Waals surface area contributed by atoms with Crippen LogP contribution in [0.5, 0.6) is 0 Å². The molecule has 0 bridgehead atoms. The number of ether oxygens (including phenoxy) is 3. The number of hydrogen-bond acceptors (Lipinski definition) is 4. The molecule has 0 spiro atoms. The SMILES string of the molecule is CCCCOCCOC(C)CNCCOC. The summed E-state index contributed by atoms with van der Waals surface area (Å²) < 4.78 is 15.9. The molecule has 0 heterocycles. The van der Waals surface area contributed by atoms with Crippen LogP contribution in [0.2, 0.25) is 0 Å². The summed E-state index contributed by atoms with van der Waals surface area (Å²) in [6.45, 7) is 8.92. The molecule has 0 aliphatic carbocycles. The predicted molar refractivity (Wildman–Crippen MR) is 65.9 cm³/mol. The fourth-order valence-electron chi connectivity index (χ4n) is 1.20. The van der Waals surface area contributed by atoms with E-state index < -0.39 is 0 Å². The minimum Gasteiger partial charge on any atom is -0.383 e. The van der Waals surface area contributed by atoms with Crippen LogP contribution in [0.25, 0.3) is 0 Å². The van der Waals surface area contributed by atoms with E-state index in [1.165, 1.54) is 6.42 Å². The van der Waals surface area contributed by atoms with Crippen molar-refractivity contribution in [2.45, 2.75) is 32.8 Å². The summed E-state index contributed by atoms with van der Waals surface area (Å²) in [7, 11) is 1.70. The van der Waals surface area contributed by atoms with Crippen molar-refractivity contribution in [2.24, 2.45) is 0 Å². The molecule has 16 heavy (non-hydrogen) atoms. The third kappa shape index (κ3) is 11.9. The maximum Gasteiger partial charge on any atom is 0.0704 e. The molecule has 4 nitrogen and oxygen atoms in total. The van der Waals surface area contributed by atoms with E-state index in [2.05, 4.69) is 19.2 Å². The fourth-order valence-corrected chi connectivity index (χ4v) is 1.20. The average molecular weight is 233 g/mol. The quantitative estimate of drug-likeness (QED) is 0.518. The molecule has 0 aromatic rings. The van der Waals surface area contributed by atoms with Crippen molar-refractivity contribution in [3.8, 4) is 0 Å². The lowest BCUT2D eigenvalue weighted by Crippen LogP contribution is -2.30. The minimum absolute atomic E-state index is 0.228. The topological polar surface area (TPSA) is 39.7 Å². The van der Waals surface area contributed by atoms with Crippen LogP contribution in [-0.4, -0.2) is 52.7 Å². The molecule has 0 rings (SSSR count). The highest BCUT2D eigenvalue weighted by Crippen LogP contribution is 1.91. The zero-order chi connectivity index (χ0) is 12.1. The molecule has 0 saturated carbocycles. The first kappa shape index (κ1) is 15.8. The first-order valence-electron chi connectivity index (χ1n) is 6.20. The van der Waals surface area contributed by atoms with Gasteiger partial charge < -0.3 is 19.5 Å². The lowest BCUT2D eigenvalue weighted by Gasteiger charge is -2.13. The number of unbranched alkanes of at least 4 members (excludes halogenated alkanes) is 1. The van der Waals surface area contributed by atoms with Gasteiger partial charge in [0, 0.05) is 26.8 Å². The third-order valence-corrected chi connectivity index (χ3v) is 2.19. The van der Waals surface area contributed by atoms with Crippen LogP contribution < -0.4 is 5.32 Å². The van der Waals surface area contributed by atoms with Gasteiger partial charge in [0.25, 0.3) is 0 Å². The van der Waals surface area contributed by atoms with Gasteiger partial charge in [-0.1, -0.05) is 13.3 Å². The maximum atomic E-state index is 5.57. The van der Waals surface area contributed by atoms with Gasteiger partial charge in [0.1, 0.15) is 0 Å². The van der Waals surface area contributed by atoms with Crippen LogP contribution in [0.1, 0.15) is 26.7 Å². The Labute approximate surface area is 99.6 Å². The summed E-state index contributed by atoms with van der Waals surface area (Å²) in [6.07, 6.45) is 2.54. The van der Waals surface area contributed by atoms with Gasteiger partial charge in [-0.15, -0.1) is 0 Å². The molecule has 4 heteroatoms. The molecular weight excluding hydrogens is 206 g/mol. The van der Waals surface area contributed by atoms with E-state index in [1.54, 1.807) is 7.11 Å². The van der Waals surface area contributed by atoms with Gasteiger partial charge in [0.2, 0.25) is 0 Å². The van der Waals surface area contributed by atoms with Crippen LogP contribution in [0, 0.1) is 0 Å². The summed E-state index contributed by atoms with van der Waals surface area (Å²) in [4.78, 5) is 0. The highest BCUT2D eigenvalue weighted by Gasteiger charge is 2.00. The van der Waals surface area contributed by atoms with Gasteiger partial charge in [-0.25, -0.2) is 0 Å². The van der Waals surface area contributed by atoms with E-state index in [9.17, 15) is 0 Å². The van der Waals surface area contributed by atoms with E-state index in [-0.39, 0.29) is 6.10 Å². The lowest BCUT2D eigenvalue weighted by molar-refractivity contribution is 0.0118. The van der Waals surface area contributed by atoms with Crippen molar-refractivity contribution in [1.82, 2.24) is 5.32 Å². The van der Waals surface area contributed by atoms with Crippen molar-refractivity contribution < 1.29 is 14.2 Å². The standard InChI is InChI=1S/C12H27NO3/c1-4-5-7-15-9-10-16-12(2)11-13-6-8-14-3/h12-13H,4-11H2,1-3H3. The summed E-state index contributed by atoms with van der Waals surface area (Å²) in [5.74, 6) is 0. The Morgan fingerprint density at radius 1 is 1.12 bits per heavy atom. The summed E-state index contributed by atoms with van der Waals surface area (Å²) in [5.41, 5.74) is 0. The second-order valence-corrected chi connectivity index (χ2v) is 3.84. The molecule has 1 unspecified atom stereocenters. The summed E-state index contributed by atoms with van der Waals surface area (Å²) >= 11 is 0. The Hall–Kier alpha value is -0.160. The van der Waals surface area contributed by atoms with Gasteiger partial charge in [-0.2, -0.15) is 0 Å². The van der Waals surface area contributed by atoms with Gasteiger partial charge in [-0.3, -0.25) is 0 Å². The molecule has 0 aliphatic rings. The molecule has 0 saturated heterocycles. The van der Waals surface area contributed by atoms with Gasteiger partial charge in [-0.05, 0) is 13.3 Å². The second kappa shape index (κ2) is 12.9. The van der Waals surface area contributed by atoms with E-state index >= 15 is 0 Å². The smallest absolute Gasteiger partial charge is 0.0704 e. The zero-order valence-corrected chi connectivity index (χ0v) is 11.0. The molecule has 0 aliphatic heterocycles. The normalized spacial score (nSPS) is 12.9. The van der Waals surface area contributed by atoms with Crippen LogP contribution in [0.3, 0.4) is 0 Å². The highest BCUT2D eigenvalue weighted by atomic mass is 16.5. The van der Waals surface area contributed by atoms with Gasteiger partial charge >= 0.3 is 0 Å². The van der Waals surface area contributed by atoms with Crippen molar-refractivity contribution in [3.63, 3.8) is 0 Å². The van der Waals surface area contributed by atoms with Gasteiger partial charge in [0.15, 0.2) is 0 Å².